The molecule has 0 aliphatic carbocycles. The zero-order valence-corrected chi connectivity index (χ0v) is 19.0. The second kappa shape index (κ2) is 10.3. The number of hydrogen-bond donors (Lipinski definition) is 2. The van der Waals surface area contributed by atoms with Crippen LogP contribution in [0.1, 0.15) is 22.7 Å². The molecule has 7 nitrogen and oxygen atoms in total. The summed E-state index contributed by atoms with van der Waals surface area (Å²) in [6, 6.07) is 13.7. The van der Waals surface area contributed by atoms with Crippen LogP contribution in [-0.2, 0) is 27.3 Å². The van der Waals surface area contributed by atoms with Gasteiger partial charge in [-0.25, -0.2) is 0 Å². The van der Waals surface area contributed by atoms with Crippen LogP contribution in [0.15, 0.2) is 42.5 Å². The first-order valence-electron chi connectivity index (χ1n) is 11.0. The van der Waals surface area contributed by atoms with E-state index in [1.54, 1.807) is 6.07 Å². The maximum Gasteiger partial charge on any atom is 0.309 e. The molecule has 2 aliphatic heterocycles. The molecule has 2 amide bonds. The quantitative estimate of drug-likeness (QED) is 0.651. The largest absolute Gasteiger partial charge is 0.379 e. The van der Waals surface area contributed by atoms with Gasteiger partial charge in [-0.2, -0.15) is 0 Å². The molecule has 1 fully saturated rings. The highest BCUT2D eigenvalue weighted by molar-refractivity contribution is 6.35. The van der Waals surface area contributed by atoms with Crippen molar-refractivity contribution in [2.45, 2.75) is 19.0 Å². The van der Waals surface area contributed by atoms with Gasteiger partial charge in [-0.3, -0.25) is 14.5 Å². The highest BCUT2D eigenvalue weighted by Crippen LogP contribution is 2.31. The smallest absolute Gasteiger partial charge is 0.309 e. The predicted octanol–water partition coefficient (Wildman–Crippen LogP) is 2.14. The van der Waals surface area contributed by atoms with Crippen LogP contribution in [0.4, 0.5) is 5.69 Å². The molecular weight excluding hydrogens is 428 g/mol. The highest BCUT2D eigenvalue weighted by atomic mass is 35.5. The Hall–Kier alpha value is -2.61. The van der Waals surface area contributed by atoms with E-state index in [2.05, 4.69) is 45.7 Å². The number of nitrogens with zero attached hydrogens (tertiary/aromatic N) is 2. The third-order valence-electron chi connectivity index (χ3n) is 6.16. The van der Waals surface area contributed by atoms with Gasteiger partial charge in [-0.1, -0.05) is 41.9 Å². The van der Waals surface area contributed by atoms with Crippen LogP contribution in [-0.4, -0.2) is 63.2 Å². The number of amides is 2. The number of rotatable bonds is 6. The SMILES string of the molecule is CN1CCc2cc([C@H](CNC(=O)C(=O)NCc3ccccc3Cl)N3CCOCC3)ccc21. The Bertz CT molecular complexity index is 977. The molecule has 2 aromatic rings. The highest BCUT2D eigenvalue weighted by Gasteiger charge is 2.26. The van der Waals surface area contributed by atoms with Crippen molar-refractivity contribution in [2.24, 2.45) is 0 Å². The molecule has 1 saturated heterocycles. The Kier molecular flexibility index (Phi) is 7.29. The maximum absolute atomic E-state index is 12.5. The number of nitrogens with one attached hydrogen (secondary N) is 2. The van der Waals surface area contributed by atoms with Crippen LogP contribution >= 0.6 is 11.6 Å². The van der Waals surface area contributed by atoms with Gasteiger partial charge in [0, 0.05) is 50.5 Å². The van der Waals surface area contributed by atoms with E-state index in [1.165, 1.54) is 11.3 Å². The molecular formula is C24H29ClN4O3. The fourth-order valence-corrected chi connectivity index (χ4v) is 4.51. The molecule has 170 valence electrons. The third kappa shape index (κ3) is 5.23. The summed E-state index contributed by atoms with van der Waals surface area (Å²) in [7, 11) is 2.10. The van der Waals surface area contributed by atoms with Gasteiger partial charge in [0.15, 0.2) is 0 Å². The van der Waals surface area contributed by atoms with E-state index in [9.17, 15) is 9.59 Å². The average Bonchev–Trinajstić information content (AvgIpc) is 3.19. The molecule has 2 aliphatic rings. The Morgan fingerprint density at radius 2 is 1.81 bits per heavy atom. The lowest BCUT2D eigenvalue weighted by molar-refractivity contribution is -0.139. The summed E-state index contributed by atoms with van der Waals surface area (Å²) in [6.45, 7) is 4.48. The van der Waals surface area contributed by atoms with E-state index >= 15 is 0 Å². The van der Waals surface area contributed by atoms with Crippen LogP contribution in [0.5, 0.6) is 0 Å². The summed E-state index contributed by atoms with van der Waals surface area (Å²) in [5, 5.41) is 6.03. The summed E-state index contributed by atoms with van der Waals surface area (Å²) in [5.41, 5.74) is 4.51. The van der Waals surface area contributed by atoms with Gasteiger partial charge in [0.25, 0.3) is 0 Å². The number of hydrogen-bond acceptors (Lipinski definition) is 5. The lowest BCUT2D eigenvalue weighted by Crippen LogP contribution is -2.46. The molecule has 4 rings (SSSR count). The van der Waals surface area contributed by atoms with Crippen molar-refractivity contribution in [3.63, 3.8) is 0 Å². The molecule has 0 spiro atoms. The Labute approximate surface area is 193 Å². The van der Waals surface area contributed by atoms with E-state index in [-0.39, 0.29) is 12.6 Å². The number of halogens is 1. The number of morpholine rings is 1. The molecule has 0 bridgehead atoms. The average molecular weight is 457 g/mol. The second-order valence-electron chi connectivity index (χ2n) is 8.21. The molecule has 8 heteroatoms. The number of ether oxygens (including phenoxy) is 1. The van der Waals surface area contributed by atoms with E-state index in [1.807, 2.05) is 18.2 Å². The first kappa shape index (κ1) is 22.6. The standard InChI is InChI=1S/C24H29ClN4O3/c1-28-9-8-18-14-17(6-7-21(18)28)22(29-10-12-32-13-11-29)16-27-24(31)23(30)26-15-19-4-2-3-5-20(19)25/h2-7,14,22H,8-13,15-16H2,1H3,(H,26,30)(H,27,31)/t22-/m0/s1. The van der Waals surface area contributed by atoms with Gasteiger partial charge in [-0.05, 0) is 35.2 Å². The van der Waals surface area contributed by atoms with Crippen molar-refractivity contribution < 1.29 is 14.3 Å². The first-order chi connectivity index (χ1) is 15.5. The molecule has 0 unspecified atom stereocenters. The monoisotopic (exact) mass is 456 g/mol. The fraction of sp³-hybridized carbons (Fsp3) is 0.417. The minimum absolute atomic E-state index is 0.0181. The van der Waals surface area contributed by atoms with Gasteiger partial charge in [0.2, 0.25) is 0 Å². The van der Waals surface area contributed by atoms with Crippen molar-refractivity contribution in [3.05, 3.63) is 64.2 Å². The van der Waals surface area contributed by atoms with Crippen LogP contribution in [0.2, 0.25) is 5.02 Å². The minimum atomic E-state index is -0.666. The molecule has 2 aromatic carbocycles. The lowest BCUT2D eigenvalue weighted by Gasteiger charge is -2.35. The summed E-state index contributed by atoms with van der Waals surface area (Å²) in [6.07, 6.45) is 1.02. The predicted molar refractivity (Wildman–Crippen MR) is 125 cm³/mol. The summed E-state index contributed by atoms with van der Waals surface area (Å²) < 4.78 is 5.51. The Morgan fingerprint density at radius 1 is 1.06 bits per heavy atom. The van der Waals surface area contributed by atoms with Gasteiger partial charge < -0.3 is 20.3 Å². The van der Waals surface area contributed by atoms with Crippen LogP contribution < -0.4 is 15.5 Å². The van der Waals surface area contributed by atoms with Crippen molar-refractivity contribution in [1.29, 1.82) is 0 Å². The second-order valence-corrected chi connectivity index (χ2v) is 8.62. The topological polar surface area (TPSA) is 73.9 Å². The minimum Gasteiger partial charge on any atom is -0.379 e. The van der Waals surface area contributed by atoms with Crippen LogP contribution in [0.25, 0.3) is 0 Å². The molecule has 2 heterocycles. The number of anilines is 1. The van der Waals surface area contributed by atoms with Gasteiger partial charge >= 0.3 is 11.8 Å². The third-order valence-corrected chi connectivity index (χ3v) is 6.53. The number of likely N-dealkylation sites (N-methyl/N-ethyl adjacent to an activating group) is 1. The summed E-state index contributed by atoms with van der Waals surface area (Å²) >= 11 is 6.12. The Balaban J connectivity index is 1.40. The van der Waals surface area contributed by atoms with Crippen LogP contribution in [0.3, 0.4) is 0 Å². The van der Waals surface area contributed by atoms with Gasteiger partial charge in [0.05, 0.1) is 19.3 Å². The molecule has 32 heavy (non-hydrogen) atoms. The molecule has 0 radical (unpaired) electrons. The van der Waals surface area contributed by atoms with E-state index in [0.29, 0.717) is 24.8 Å². The molecule has 1 atom stereocenters. The van der Waals surface area contributed by atoms with Crippen molar-refractivity contribution in [3.8, 4) is 0 Å². The van der Waals surface area contributed by atoms with Crippen molar-refractivity contribution in [1.82, 2.24) is 15.5 Å². The molecule has 0 saturated carbocycles. The molecule has 2 N–H and O–H groups in total. The van der Waals surface area contributed by atoms with E-state index in [4.69, 9.17) is 16.3 Å². The zero-order valence-electron chi connectivity index (χ0n) is 18.3. The first-order valence-corrected chi connectivity index (χ1v) is 11.4. The number of benzene rings is 2. The van der Waals surface area contributed by atoms with E-state index in [0.717, 1.165) is 37.2 Å². The zero-order chi connectivity index (χ0) is 22.5. The van der Waals surface area contributed by atoms with E-state index < -0.39 is 11.8 Å². The van der Waals surface area contributed by atoms with Crippen molar-refractivity contribution >= 4 is 29.1 Å². The normalized spacial score (nSPS) is 17.0. The number of carbonyl (C=O) groups excluding carboxylic acids is 2. The fourth-order valence-electron chi connectivity index (χ4n) is 4.31. The van der Waals surface area contributed by atoms with Gasteiger partial charge in [-0.15, -0.1) is 0 Å². The van der Waals surface area contributed by atoms with Crippen molar-refractivity contribution in [2.75, 3.05) is 51.3 Å². The Morgan fingerprint density at radius 3 is 2.59 bits per heavy atom. The molecule has 0 aromatic heterocycles. The maximum atomic E-state index is 12.5. The summed E-state index contributed by atoms with van der Waals surface area (Å²) in [5.74, 6) is -1.31. The number of fused-ring (bicyclic) bond motifs is 1. The summed E-state index contributed by atoms with van der Waals surface area (Å²) in [4.78, 5) is 29.4. The van der Waals surface area contributed by atoms with Gasteiger partial charge in [0.1, 0.15) is 0 Å². The number of carbonyl (C=O) groups is 2. The van der Waals surface area contributed by atoms with Crippen LogP contribution in [0, 0.1) is 0 Å². The lowest BCUT2D eigenvalue weighted by atomic mass is 10.0.